The maximum absolute atomic E-state index is 12.5. The molecule has 2 aromatic rings. The van der Waals surface area contributed by atoms with Gasteiger partial charge in [-0.15, -0.1) is 0 Å². The largest absolute Gasteiger partial charge is 0.296 e. The molecule has 124 valence electrons. The number of amides is 1. The first-order valence-electron chi connectivity index (χ1n) is 8.34. The molecular formula is C18H26N4O. The van der Waals surface area contributed by atoms with E-state index in [1.54, 1.807) is 0 Å². The summed E-state index contributed by atoms with van der Waals surface area (Å²) in [5, 5.41) is 3.02. The van der Waals surface area contributed by atoms with Crippen LogP contribution in [0.5, 0.6) is 0 Å². The first kappa shape index (κ1) is 16.0. The average Bonchev–Trinajstić information content (AvgIpc) is 2.73. The highest BCUT2D eigenvalue weighted by Crippen LogP contribution is 2.43. The van der Waals surface area contributed by atoms with Crippen molar-refractivity contribution in [2.24, 2.45) is 5.41 Å². The second-order valence-electron chi connectivity index (χ2n) is 8.13. The molecule has 1 fully saturated rings. The van der Waals surface area contributed by atoms with Crippen LogP contribution in [0.1, 0.15) is 59.1 Å². The highest BCUT2D eigenvalue weighted by molar-refractivity contribution is 5.91. The van der Waals surface area contributed by atoms with E-state index in [1.165, 1.54) is 6.42 Å². The molecular weight excluding hydrogens is 288 g/mol. The second-order valence-corrected chi connectivity index (χ2v) is 8.13. The molecule has 2 heterocycles. The number of imidazole rings is 1. The van der Waals surface area contributed by atoms with Crippen LogP contribution in [0.25, 0.3) is 11.2 Å². The summed E-state index contributed by atoms with van der Waals surface area (Å²) in [5.41, 5.74) is 2.54. The van der Waals surface area contributed by atoms with Crippen LogP contribution in [0.4, 0.5) is 5.95 Å². The molecule has 1 amide bonds. The van der Waals surface area contributed by atoms with Gasteiger partial charge in [-0.3, -0.25) is 14.7 Å². The summed E-state index contributed by atoms with van der Waals surface area (Å²) in [4.78, 5) is 21.7. The molecule has 3 rings (SSSR count). The Labute approximate surface area is 137 Å². The maximum Gasteiger partial charge on any atom is 0.227 e. The Morgan fingerprint density at radius 2 is 2.00 bits per heavy atom. The van der Waals surface area contributed by atoms with Crippen molar-refractivity contribution >= 4 is 23.0 Å². The van der Waals surface area contributed by atoms with Crippen LogP contribution in [0, 0.1) is 12.3 Å². The zero-order valence-electron chi connectivity index (χ0n) is 14.7. The summed E-state index contributed by atoms with van der Waals surface area (Å²) in [5.74, 6) is 0.642. The Bertz CT molecular complexity index is 750. The Kier molecular flexibility index (Phi) is 3.69. The van der Waals surface area contributed by atoms with E-state index in [2.05, 4.69) is 43.0 Å². The summed E-state index contributed by atoms with van der Waals surface area (Å²) < 4.78 is 2.02. The number of hydrogen-bond acceptors (Lipinski definition) is 3. The average molecular weight is 314 g/mol. The summed E-state index contributed by atoms with van der Waals surface area (Å²) in [6.45, 7) is 10.5. The number of nitrogens with zero attached hydrogens (tertiary/aromatic N) is 3. The standard InChI is InChI=1S/C18H26N4O/c1-12-7-8-13-15(19-12)22(17(2,3)4)16(20-13)21-14(23)11-18(5)9-6-10-18/h7-8H,6,9-11H2,1-5H3,(H,20,21,23). The summed E-state index contributed by atoms with van der Waals surface area (Å²) >= 11 is 0. The number of carbonyl (C=O) groups is 1. The van der Waals surface area contributed by atoms with Gasteiger partial charge in [-0.25, -0.2) is 9.97 Å². The first-order chi connectivity index (χ1) is 10.7. The van der Waals surface area contributed by atoms with Crippen LogP contribution < -0.4 is 5.32 Å². The first-order valence-corrected chi connectivity index (χ1v) is 8.34. The monoisotopic (exact) mass is 314 g/mol. The number of nitrogens with one attached hydrogen (secondary N) is 1. The summed E-state index contributed by atoms with van der Waals surface area (Å²) in [7, 11) is 0. The number of pyridine rings is 1. The predicted octanol–water partition coefficient (Wildman–Crippen LogP) is 4.01. The van der Waals surface area contributed by atoms with Gasteiger partial charge in [0.05, 0.1) is 0 Å². The van der Waals surface area contributed by atoms with E-state index >= 15 is 0 Å². The molecule has 1 N–H and O–H groups in total. The van der Waals surface area contributed by atoms with Crippen molar-refractivity contribution < 1.29 is 4.79 Å². The number of hydrogen-bond donors (Lipinski definition) is 1. The lowest BCUT2D eigenvalue weighted by Crippen LogP contribution is -2.32. The van der Waals surface area contributed by atoms with Gasteiger partial charge in [0, 0.05) is 17.7 Å². The van der Waals surface area contributed by atoms with E-state index in [9.17, 15) is 4.79 Å². The van der Waals surface area contributed by atoms with E-state index in [1.807, 2.05) is 23.6 Å². The van der Waals surface area contributed by atoms with Crippen molar-refractivity contribution in [2.75, 3.05) is 5.32 Å². The molecule has 0 atom stereocenters. The fourth-order valence-electron chi connectivity index (χ4n) is 3.28. The SMILES string of the molecule is Cc1ccc2nc(NC(=O)CC3(C)CCC3)n(C(C)(C)C)c2n1. The molecule has 0 aliphatic heterocycles. The van der Waals surface area contributed by atoms with Gasteiger partial charge >= 0.3 is 0 Å². The molecule has 23 heavy (non-hydrogen) atoms. The van der Waals surface area contributed by atoms with Crippen molar-refractivity contribution in [3.05, 3.63) is 17.8 Å². The third-order valence-electron chi connectivity index (χ3n) is 4.71. The van der Waals surface area contributed by atoms with E-state index < -0.39 is 0 Å². The highest BCUT2D eigenvalue weighted by Gasteiger charge is 2.34. The highest BCUT2D eigenvalue weighted by atomic mass is 16.1. The van der Waals surface area contributed by atoms with Crippen molar-refractivity contribution in [2.45, 2.75) is 65.8 Å². The quantitative estimate of drug-likeness (QED) is 0.931. The van der Waals surface area contributed by atoms with Crippen molar-refractivity contribution in [3.63, 3.8) is 0 Å². The molecule has 1 saturated carbocycles. The van der Waals surface area contributed by atoms with Gasteiger partial charge in [-0.2, -0.15) is 0 Å². The molecule has 5 nitrogen and oxygen atoms in total. The summed E-state index contributed by atoms with van der Waals surface area (Å²) in [6.07, 6.45) is 4.06. The molecule has 0 unspecified atom stereocenters. The van der Waals surface area contributed by atoms with E-state index in [-0.39, 0.29) is 16.9 Å². The Hall–Kier alpha value is -1.91. The second kappa shape index (κ2) is 5.32. The lowest BCUT2D eigenvalue weighted by Gasteiger charge is -2.37. The van der Waals surface area contributed by atoms with Crippen molar-refractivity contribution in [1.82, 2.24) is 14.5 Å². The maximum atomic E-state index is 12.5. The predicted molar refractivity (Wildman–Crippen MR) is 92.5 cm³/mol. The Morgan fingerprint density at radius 3 is 2.57 bits per heavy atom. The van der Waals surface area contributed by atoms with Gasteiger partial charge in [0.25, 0.3) is 0 Å². The molecule has 5 heteroatoms. The third kappa shape index (κ3) is 3.09. The number of aromatic nitrogens is 3. The van der Waals surface area contributed by atoms with Crippen molar-refractivity contribution in [1.29, 1.82) is 0 Å². The third-order valence-corrected chi connectivity index (χ3v) is 4.71. The van der Waals surface area contributed by atoms with Crippen LogP contribution in [-0.4, -0.2) is 20.4 Å². The number of carbonyl (C=O) groups excluding carboxylic acids is 1. The van der Waals surface area contributed by atoms with Gasteiger partial charge in [-0.05, 0) is 58.1 Å². The van der Waals surface area contributed by atoms with Crippen LogP contribution >= 0.6 is 0 Å². The minimum atomic E-state index is -0.210. The lowest BCUT2D eigenvalue weighted by molar-refractivity contribution is -0.119. The molecule has 2 aromatic heterocycles. The Morgan fingerprint density at radius 1 is 1.30 bits per heavy atom. The molecule has 0 saturated heterocycles. The zero-order chi connectivity index (χ0) is 16.8. The number of aryl methyl sites for hydroxylation is 1. The zero-order valence-corrected chi connectivity index (χ0v) is 14.7. The molecule has 0 bridgehead atoms. The number of anilines is 1. The minimum Gasteiger partial charge on any atom is -0.296 e. The van der Waals surface area contributed by atoms with Crippen LogP contribution in [0.15, 0.2) is 12.1 Å². The van der Waals surface area contributed by atoms with Gasteiger partial charge in [0.1, 0.15) is 5.52 Å². The fraction of sp³-hybridized carbons (Fsp3) is 0.611. The van der Waals surface area contributed by atoms with Gasteiger partial charge < -0.3 is 0 Å². The van der Waals surface area contributed by atoms with E-state index in [0.717, 1.165) is 29.7 Å². The summed E-state index contributed by atoms with van der Waals surface area (Å²) in [6, 6.07) is 3.91. The smallest absolute Gasteiger partial charge is 0.227 e. The van der Waals surface area contributed by atoms with Gasteiger partial charge in [-0.1, -0.05) is 13.3 Å². The topological polar surface area (TPSA) is 59.8 Å². The molecule has 0 radical (unpaired) electrons. The van der Waals surface area contributed by atoms with Gasteiger partial charge in [0.2, 0.25) is 11.9 Å². The molecule has 0 spiro atoms. The Balaban J connectivity index is 1.95. The van der Waals surface area contributed by atoms with Crippen LogP contribution in [0.3, 0.4) is 0 Å². The lowest BCUT2D eigenvalue weighted by atomic mass is 9.68. The fourth-order valence-corrected chi connectivity index (χ4v) is 3.28. The van der Waals surface area contributed by atoms with E-state index in [4.69, 9.17) is 0 Å². The normalized spacial score (nSPS) is 17.1. The van der Waals surface area contributed by atoms with Crippen molar-refractivity contribution in [3.8, 4) is 0 Å². The number of fused-ring (bicyclic) bond motifs is 1. The molecule has 0 aromatic carbocycles. The van der Waals surface area contributed by atoms with Gasteiger partial charge in [0.15, 0.2) is 5.65 Å². The van der Waals surface area contributed by atoms with Crippen LogP contribution in [-0.2, 0) is 10.3 Å². The minimum absolute atomic E-state index is 0.0460. The van der Waals surface area contributed by atoms with Crippen LogP contribution in [0.2, 0.25) is 0 Å². The molecule has 1 aliphatic rings. The number of rotatable bonds is 3. The molecule has 1 aliphatic carbocycles. The van der Waals surface area contributed by atoms with E-state index in [0.29, 0.717) is 12.4 Å².